The summed E-state index contributed by atoms with van der Waals surface area (Å²) in [4.78, 5) is 0. The van der Waals surface area contributed by atoms with Gasteiger partial charge in [0, 0.05) is 6.54 Å². The van der Waals surface area contributed by atoms with E-state index in [0.717, 1.165) is 0 Å². The molecular formula is C11H15F2N. The molecule has 0 aliphatic carbocycles. The third-order valence-electron chi connectivity index (χ3n) is 2.44. The molecule has 1 unspecified atom stereocenters. The third-order valence-corrected chi connectivity index (χ3v) is 2.44. The highest BCUT2D eigenvalue weighted by Crippen LogP contribution is 2.29. The first-order valence-electron chi connectivity index (χ1n) is 4.68. The lowest BCUT2D eigenvalue weighted by Gasteiger charge is -2.22. The summed E-state index contributed by atoms with van der Waals surface area (Å²) in [6.45, 7) is 3.32. The maximum Gasteiger partial charge on any atom is 0.148 e. The summed E-state index contributed by atoms with van der Waals surface area (Å²) in [5.41, 5.74) is 4.79. The molecule has 1 nitrogen and oxygen atoms in total. The van der Waals surface area contributed by atoms with Gasteiger partial charge >= 0.3 is 0 Å². The van der Waals surface area contributed by atoms with Gasteiger partial charge in [-0.1, -0.05) is 13.0 Å². The second kappa shape index (κ2) is 4.05. The van der Waals surface area contributed by atoms with Crippen molar-refractivity contribution < 1.29 is 8.78 Å². The van der Waals surface area contributed by atoms with Crippen molar-refractivity contribution in [2.24, 2.45) is 5.73 Å². The van der Waals surface area contributed by atoms with Gasteiger partial charge in [-0.3, -0.25) is 0 Å². The molecule has 0 fully saturated rings. The molecular weight excluding hydrogens is 184 g/mol. The number of benzene rings is 1. The summed E-state index contributed by atoms with van der Waals surface area (Å²) in [5, 5.41) is 0. The Morgan fingerprint density at radius 1 is 1.36 bits per heavy atom. The monoisotopic (exact) mass is 199 g/mol. The first-order valence-corrected chi connectivity index (χ1v) is 4.68. The van der Waals surface area contributed by atoms with Crippen LogP contribution in [0.1, 0.15) is 24.5 Å². The van der Waals surface area contributed by atoms with Gasteiger partial charge in [-0.2, -0.15) is 0 Å². The number of halogens is 2. The summed E-state index contributed by atoms with van der Waals surface area (Å²) < 4.78 is 27.1. The van der Waals surface area contributed by atoms with Crippen LogP contribution in [0.2, 0.25) is 0 Å². The molecule has 1 rings (SSSR count). The first-order chi connectivity index (χ1) is 6.51. The molecule has 2 N–H and O–H groups in total. The zero-order valence-corrected chi connectivity index (χ0v) is 8.48. The molecule has 0 bridgehead atoms. The van der Waals surface area contributed by atoms with Crippen molar-refractivity contribution in [2.45, 2.75) is 25.9 Å². The highest BCUT2D eigenvalue weighted by Gasteiger charge is 2.28. The smallest absolute Gasteiger partial charge is 0.148 e. The fourth-order valence-corrected chi connectivity index (χ4v) is 1.46. The van der Waals surface area contributed by atoms with Crippen molar-refractivity contribution in [3.8, 4) is 0 Å². The summed E-state index contributed by atoms with van der Waals surface area (Å²) in [6, 6.07) is 4.22. The molecule has 0 aliphatic heterocycles. The average Bonchev–Trinajstić information content (AvgIpc) is 2.15. The minimum Gasteiger partial charge on any atom is -0.327 e. The van der Waals surface area contributed by atoms with Crippen molar-refractivity contribution in [1.29, 1.82) is 0 Å². The topological polar surface area (TPSA) is 26.0 Å². The first kappa shape index (κ1) is 11.1. The SMILES string of the molecule is CCC(F)(CN)c1cc(C)cc(F)c1. The van der Waals surface area contributed by atoms with E-state index < -0.39 is 11.5 Å². The Bertz CT molecular complexity index is 299. The average molecular weight is 199 g/mol. The lowest BCUT2D eigenvalue weighted by molar-refractivity contribution is 0.168. The minimum atomic E-state index is -1.60. The molecule has 0 radical (unpaired) electrons. The van der Waals surface area contributed by atoms with E-state index in [-0.39, 0.29) is 13.0 Å². The van der Waals surface area contributed by atoms with Gasteiger partial charge < -0.3 is 5.73 Å². The lowest BCUT2D eigenvalue weighted by atomic mass is 9.92. The fourth-order valence-electron chi connectivity index (χ4n) is 1.46. The molecule has 14 heavy (non-hydrogen) atoms. The van der Waals surface area contributed by atoms with Crippen molar-refractivity contribution in [3.05, 3.63) is 35.1 Å². The molecule has 1 aromatic carbocycles. The van der Waals surface area contributed by atoms with Crippen LogP contribution in [0.25, 0.3) is 0 Å². The fraction of sp³-hybridized carbons (Fsp3) is 0.455. The highest BCUT2D eigenvalue weighted by molar-refractivity contribution is 5.28. The van der Waals surface area contributed by atoms with Crippen LogP contribution >= 0.6 is 0 Å². The van der Waals surface area contributed by atoms with Gasteiger partial charge in [-0.25, -0.2) is 8.78 Å². The molecule has 0 aliphatic rings. The molecule has 0 spiro atoms. The van der Waals surface area contributed by atoms with Crippen molar-refractivity contribution in [1.82, 2.24) is 0 Å². The standard InChI is InChI=1S/C11H15F2N/c1-3-11(13,7-14)9-4-8(2)5-10(12)6-9/h4-6H,3,7,14H2,1-2H3. The largest absolute Gasteiger partial charge is 0.327 e. The Labute approximate surface area is 82.9 Å². The van der Waals surface area contributed by atoms with Crippen LogP contribution in [-0.4, -0.2) is 6.54 Å². The van der Waals surface area contributed by atoms with Crippen LogP contribution in [0.4, 0.5) is 8.78 Å². The highest BCUT2D eigenvalue weighted by atomic mass is 19.1. The normalized spacial score (nSPS) is 15.2. The van der Waals surface area contributed by atoms with Crippen molar-refractivity contribution in [2.75, 3.05) is 6.54 Å². The molecule has 1 atom stereocenters. The van der Waals surface area contributed by atoms with Crippen LogP contribution in [0.5, 0.6) is 0 Å². The molecule has 3 heteroatoms. The third kappa shape index (κ3) is 2.10. The van der Waals surface area contributed by atoms with Crippen LogP contribution in [0.3, 0.4) is 0 Å². The van der Waals surface area contributed by atoms with E-state index >= 15 is 0 Å². The van der Waals surface area contributed by atoms with Crippen molar-refractivity contribution in [3.63, 3.8) is 0 Å². The van der Waals surface area contributed by atoms with Gasteiger partial charge in [-0.15, -0.1) is 0 Å². The summed E-state index contributed by atoms with van der Waals surface area (Å²) in [6.07, 6.45) is 0.256. The predicted molar refractivity (Wildman–Crippen MR) is 53.3 cm³/mol. The van der Waals surface area contributed by atoms with Gasteiger partial charge in [0.15, 0.2) is 0 Å². The molecule has 0 aromatic heterocycles. The van der Waals surface area contributed by atoms with Gasteiger partial charge in [0.2, 0.25) is 0 Å². The number of hydrogen-bond acceptors (Lipinski definition) is 1. The van der Waals surface area contributed by atoms with E-state index in [1.807, 2.05) is 0 Å². The summed E-state index contributed by atoms with van der Waals surface area (Å²) in [7, 11) is 0. The molecule has 1 aromatic rings. The number of nitrogens with two attached hydrogens (primary N) is 1. The number of hydrogen-bond donors (Lipinski definition) is 1. The number of rotatable bonds is 3. The Kier molecular flexibility index (Phi) is 3.21. The van der Waals surface area contributed by atoms with E-state index in [1.165, 1.54) is 12.1 Å². The lowest BCUT2D eigenvalue weighted by Crippen LogP contribution is -2.29. The maximum atomic E-state index is 14.1. The zero-order valence-electron chi connectivity index (χ0n) is 8.48. The zero-order chi connectivity index (χ0) is 10.8. The Morgan fingerprint density at radius 3 is 2.43 bits per heavy atom. The molecule has 0 amide bonds. The minimum absolute atomic E-state index is 0.119. The van der Waals surface area contributed by atoms with E-state index in [4.69, 9.17) is 5.73 Å². The van der Waals surface area contributed by atoms with Gasteiger partial charge in [0.25, 0.3) is 0 Å². The Hall–Kier alpha value is -0.960. The van der Waals surface area contributed by atoms with Gasteiger partial charge in [0.05, 0.1) is 0 Å². The van der Waals surface area contributed by atoms with Gasteiger partial charge in [0.1, 0.15) is 11.5 Å². The maximum absolute atomic E-state index is 14.1. The van der Waals surface area contributed by atoms with Crippen molar-refractivity contribution >= 4 is 0 Å². The number of alkyl halides is 1. The Balaban J connectivity index is 3.17. The van der Waals surface area contributed by atoms with Crippen LogP contribution < -0.4 is 5.73 Å². The van der Waals surface area contributed by atoms with Crippen LogP contribution in [0, 0.1) is 12.7 Å². The van der Waals surface area contributed by atoms with E-state index in [1.54, 1.807) is 19.9 Å². The molecule has 78 valence electrons. The quantitative estimate of drug-likeness (QED) is 0.795. The van der Waals surface area contributed by atoms with Crippen LogP contribution in [0.15, 0.2) is 18.2 Å². The summed E-state index contributed by atoms with van der Waals surface area (Å²) >= 11 is 0. The summed E-state index contributed by atoms with van der Waals surface area (Å²) in [5.74, 6) is -0.413. The second-order valence-corrected chi connectivity index (χ2v) is 3.54. The molecule has 0 saturated heterocycles. The van der Waals surface area contributed by atoms with E-state index in [9.17, 15) is 8.78 Å². The predicted octanol–water partition coefficient (Wildman–Crippen LogP) is 2.67. The molecule has 0 heterocycles. The number of aryl methyl sites for hydroxylation is 1. The van der Waals surface area contributed by atoms with Gasteiger partial charge in [-0.05, 0) is 36.6 Å². The van der Waals surface area contributed by atoms with E-state index in [2.05, 4.69) is 0 Å². The molecule has 0 saturated carbocycles. The van der Waals surface area contributed by atoms with Crippen LogP contribution in [-0.2, 0) is 5.67 Å². The second-order valence-electron chi connectivity index (χ2n) is 3.54. The van der Waals surface area contributed by atoms with E-state index in [0.29, 0.717) is 11.1 Å². The Morgan fingerprint density at radius 2 is 2.00 bits per heavy atom.